The van der Waals surface area contributed by atoms with Crippen LogP contribution >= 0.6 is 15.9 Å². The lowest BCUT2D eigenvalue weighted by atomic mass is 10.2. The monoisotopic (exact) mass is 239 g/mol. The van der Waals surface area contributed by atoms with Crippen molar-refractivity contribution >= 4 is 32.5 Å². The highest BCUT2D eigenvalue weighted by molar-refractivity contribution is 9.10. The zero-order valence-corrected chi connectivity index (χ0v) is 8.09. The molecule has 3 N–H and O–H groups in total. The second kappa shape index (κ2) is 2.85. The van der Waals surface area contributed by atoms with Crippen LogP contribution in [0.2, 0.25) is 0 Å². The Labute approximate surface area is 82.2 Å². The van der Waals surface area contributed by atoms with Crippen molar-refractivity contribution in [2.24, 2.45) is 5.11 Å². The second-order valence-corrected chi connectivity index (χ2v) is 3.54. The van der Waals surface area contributed by atoms with Crippen LogP contribution in [0.5, 0.6) is 5.88 Å². The van der Waals surface area contributed by atoms with Gasteiger partial charge in [-0.15, -0.1) is 0 Å². The molecule has 1 heterocycles. The minimum Gasteiger partial charge on any atom is -0.493 e. The van der Waals surface area contributed by atoms with E-state index in [0.29, 0.717) is 0 Å². The highest BCUT2D eigenvalue weighted by Crippen LogP contribution is 2.35. The summed E-state index contributed by atoms with van der Waals surface area (Å²) in [6.07, 6.45) is 0. The molecule has 0 atom stereocenters. The van der Waals surface area contributed by atoms with Gasteiger partial charge in [0.1, 0.15) is 0 Å². The normalized spacial score (nSPS) is 10.5. The molecule has 0 aliphatic rings. The SMILES string of the molecule is N=Nc1c(O)[nH]c2cc(Br)ccc12. The number of aromatic hydroxyl groups is 1. The van der Waals surface area contributed by atoms with Crippen molar-refractivity contribution in [3.8, 4) is 5.88 Å². The highest BCUT2D eigenvalue weighted by atomic mass is 79.9. The molecule has 0 fully saturated rings. The fourth-order valence-corrected chi connectivity index (χ4v) is 1.61. The van der Waals surface area contributed by atoms with Crippen LogP contribution in [0.25, 0.3) is 10.9 Å². The predicted octanol–water partition coefficient (Wildman–Crippen LogP) is 3.30. The number of aromatic amines is 1. The van der Waals surface area contributed by atoms with Crippen LogP contribution < -0.4 is 0 Å². The molecule has 0 aliphatic carbocycles. The van der Waals surface area contributed by atoms with Crippen LogP contribution in [0, 0.1) is 5.53 Å². The Hall–Kier alpha value is -1.36. The van der Waals surface area contributed by atoms with Gasteiger partial charge in [0.25, 0.3) is 0 Å². The predicted molar refractivity (Wildman–Crippen MR) is 52.5 cm³/mol. The molecule has 5 heteroatoms. The van der Waals surface area contributed by atoms with Crippen molar-refractivity contribution in [2.45, 2.75) is 0 Å². The maximum absolute atomic E-state index is 9.34. The van der Waals surface area contributed by atoms with E-state index in [1.165, 1.54) is 0 Å². The molecule has 0 saturated carbocycles. The third-order valence-corrected chi connectivity index (χ3v) is 2.32. The van der Waals surface area contributed by atoms with Crippen molar-refractivity contribution in [3.63, 3.8) is 0 Å². The molecule has 1 aromatic carbocycles. The van der Waals surface area contributed by atoms with Crippen molar-refractivity contribution < 1.29 is 5.11 Å². The summed E-state index contributed by atoms with van der Waals surface area (Å²) in [5.41, 5.74) is 7.91. The smallest absolute Gasteiger partial charge is 0.218 e. The number of nitrogens with zero attached hydrogens (tertiary/aromatic N) is 1. The Bertz CT molecular complexity index is 477. The summed E-state index contributed by atoms with van der Waals surface area (Å²) in [6, 6.07) is 5.46. The largest absolute Gasteiger partial charge is 0.493 e. The second-order valence-electron chi connectivity index (χ2n) is 2.62. The average Bonchev–Trinajstić information content (AvgIpc) is 2.39. The number of benzene rings is 1. The van der Waals surface area contributed by atoms with Crippen molar-refractivity contribution in [3.05, 3.63) is 22.7 Å². The molecule has 0 radical (unpaired) electrons. The number of nitrogens with one attached hydrogen (secondary N) is 2. The number of rotatable bonds is 1. The molecule has 0 saturated heterocycles. The number of fused-ring (bicyclic) bond motifs is 1. The lowest BCUT2D eigenvalue weighted by molar-refractivity contribution is 0.459. The minimum atomic E-state index is -0.0666. The number of H-pyrrole nitrogens is 1. The van der Waals surface area contributed by atoms with Gasteiger partial charge in [-0.3, -0.25) is 0 Å². The molecule has 0 bridgehead atoms. The molecule has 0 unspecified atom stereocenters. The quantitative estimate of drug-likeness (QED) is 0.657. The van der Waals surface area contributed by atoms with Crippen LogP contribution in [0.3, 0.4) is 0 Å². The lowest BCUT2D eigenvalue weighted by Crippen LogP contribution is -1.67. The average molecular weight is 240 g/mol. The van der Waals surface area contributed by atoms with Gasteiger partial charge >= 0.3 is 0 Å². The molecule has 0 spiro atoms. The van der Waals surface area contributed by atoms with Gasteiger partial charge in [0.15, 0.2) is 5.69 Å². The summed E-state index contributed by atoms with van der Waals surface area (Å²) in [7, 11) is 0. The van der Waals surface area contributed by atoms with Gasteiger partial charge < -0.3 is 10.1 Å². The first-order chi connectivity index (χ1) is 6.22. The number of hydrogen-bond acceptors (Lipinski definition) is 3. The molecule has 13 heavy (non-hydrogen) atoms. The molecule has 0 amide bonds. The molecule has 66 valence electrons. The summed E-state index contributed by atoms with van der Waals surface area (Å²) in [5.74, 6) is -0.0666. The summed E-state index contributed by atoms with van der Waals surface area (Å²) in [5, 5.41) is 13.3. The molecule has 1 aromatic heterocycles. The van der Waals surface area contributed by atoms with E-state index in [2.05, 4.69) is 26.0 Å². The number of halogens is 1. The Morgan fingerprint density at radius 2 is 2.23 bits per heavy atom. The van der Waals surface area contributed by atoms with Gasteiger partial charge in [0, 0.05) is 9.86 Å². The molecular weight excluding hydrogens is 234 g/mol. The third-order valence-electron chi connectivity index (χ3n) is 1.83. The van der Waals surface area contributed by atoms with Crippen LogP contribution in [0.15, 0.2) is 27.8 Å². The van der Waals surface area contributed by atoms with Crippen LogP contribution in [0.1, 0.15) is 0 Å². The van der Waals surface area contributed by atoms with E-state index >= 15 is 0 Å². The Morgan fingerprint density at radius 1 is 1.46 bits per heavy atom. The first kappa shape index (κ1) is 8.25. The highest BCUT2D eigenvalue weighted by Gasteiger charge is 2.09. The Morgan fingerprint density at radius 3 is 2.92 bits per heavy atom. The third kappa shape index (κ3) is 1.21. The summed E-state index contributed by atoms with van der Waals surface area (Å²) in [6.45, 7) is 0. The standard InChI is InChI=1S/C8H6BrN3O/c9-4-1-2-5-6(3-4)11-8(13)7(5)12-10/h1-3,10-11,13H. The zero-order chi connectivity index (χ0) is 9.42. The van der Waals surface area contributed by atoms with Gasteiger partial charge in [0.05, 0.1) is 5.52 Å². The zero-order valence-electron chi connectivity index (χ0n) is 6.50. The molecular formula is C8H6BrN3O. The van der Waals surface area contributed by atoms with Crippen LogP contribution in [-0.2, 0) is 0 Å². The van der Waals surface area contributed by atoms with Gasteiger partial charge in [-0.25, -0.2) is 5.53 Å². The fourth-order valence-electron chi connectivity index (χ4n) is 1.25. The van der Waals surface area contributed by atoms with E-state index in [4.69, 9.17) is 5.53 Å². The van der Waals surface area contributed by atoms with E-state index in [-0.39, 0.29) is 11.6 Å². The van der Waals surface area contributed by atoms with E-state index in [1.807, 2.05) is 12.1 Å². The van der Waals surface area contributed by atoms with E-state index < -0.39 is 0 Å². The van der Waals surface area contributed by atoms with Gasteiger partial charge in [-0.05, 0) is 18.2 Å². The topological polar surface area (TPSA) is 72.2 Å². The number of aromatic nitrogens is 1. The lowest BCUT2D eigenvalue weighted by Gasteiger charge is -1.90. The summed E-state index contributed by atoms with van der Waals surface area (Å²) >= 11 is 3.31. The Kier molecular flexibility index (Phi) is 1.81. The first-order valence-electron chi connectivity index (χ1n) is 3.60. The molecule has 2 aromatic rings. The van der Waals surface area contributed by atoms with Crippen molar-refractivity contribution in [1.29, 1.82) is 5.53 Å². The number of hydrogen-bond donors (Lipinski definition) is 3. The van der Waals surface area contributed by atoms with E-state index in [1.54, 1.807) is 6.07 Å². The molecule has 0 aliphatic heterocycles. The molecule has 4 nitrogen and oxygen atoms in total. The Balaban J connectivity index is 2.86. The van der Waals surface area contributed by atoms with Crippen molar-refractivity contribution in [1.82, 2.24) is 4.98 Å². The maximum atomic E-state index is 9.34. The van der Waals surface area contributed by atoms with Gasteiger partial charge in [-0.2, -0.15) is 5.11 Å². The van der Waals surface area contributed by atoms with Gasteiger partial charge in [0.2, 0.25) is 5.88 Å². The van der Waals surface area contributed by atoms with Crippen LogP contribution in [-0.4, -0.2) is 10.1 Å². The van der Waals surface area contributed by atoms with E-state index in [9.17, 15) is 5.11 Å². The van der Waals surface area contributed by atoms with Crippen LogP contribution in [0.4, 0.5) is 5.69 Å². The first-order valence-corrected chi connectivity index (χ1v) is 4.39. The fraction of sp³-hybridized carbons (Fsp3) is 0. The minimum absolute atomic E-state index is 0.0666. The summed E-state index contributed by atoms with van der Waals surface area (Å²) < 4.78 is 0.915. The summed E-state index contributed by atoms with van der Waals surface area (Å²) in [4.78, 5) is 2.73. The van der Waals surface area contributed by atoms with E-state index in [0.717, 1.165) is 15.4 Å². The molecule has 2 rings (SSSR count). The van der Waals surface area contributed by atoms with Crippen molar-refractivity contribution in [2.75, 3.05) is 0 Å². The van der Waals surface area contributed by atoms with Gasteiger partial charge in [-0.1, -0.05) is 15.9 Å². The maximum Gasteiger partial charge on any atom is 0.218 e.